The summed E-state index contributed by atoms with van der Waals surface area (Å²) in [6.07, 6.45) is 2.06. The molecule has 0 saturated carbocycles. The van der Waals surface area contributed by atoms with Gasteiger partial charge in [0.05, 0.1) is 6.20 Å². The Balaban J connectivity index is 2.06. The van der Waals surface area contributed by atoms with Gasteiger partial charge >= 0.3 is 0 Å². The van der Waals surface area contributed by atoms with E-state index in [1.807, 2.05) is 19.1 Å². The number of anilines is 1. The summed E-state index contributed by atoms with van der Waals surface area (Å²) in [6.45, 7) is 10.9. The van der Waals surface area contributed by atoms with E-state index < -0.39 is 6.10 Å². The highest BCUT2D eigenvalue weighted by Gasteiger charge is 2.18. The largest absolute Gasteiger partial charge is 0.481 e. The van der Waals surface area contributed by atoms with Crippen molar-refractivity contribution >= 4 is 11.7 Å². The summed E-state index contributed by atoms with van der Waals surface area (Å²) in [4.78, 5) is 12.4. The number of benzene rings is 1. The van der Waals surface area contributed by atoms with Gasteiger partial charge in [-0.05, 0) is 43.4 Å². The molecule has 130 valence electrons. The molecule has 24 heavy (non-hydrogen) atoms. The van der Waals surface area contributed by atoms with Crippen LogP contribution in [0.15, 0.2) is 30.5 Å². The molecule has 1 atom stereocenters. The van der Waals surface area contributed by atoms with E-state index in [1.165, 1.54) is 5.56 Å². The lowest BCUT2D eigenvalue weighted by atomic mass is 10.0. The summed E-state index contributed by atoms with van der Waals surface area (Å²) in [5.41, 5.74) is 2.22. The standard InChI is InChI=1S/C19H27N3O2/c1-6-11-22-18(9-10-20-22)21-19(23)15(5)24-17-12-16(13(2)3)8-7-14(17)4/h7-10,12-13,15H,6,11H2,1-5H3,(H,21,23). The summed E-state index contributed by atoms with van der Waals surface area (Å²) in [5.74, 6) is 1.69. The topological polar surface area (TPSA) is 56.2 Å². The van der Waals surface area contributed by atoms with E-state index in [9.17, 15) is 4.79 Å². The maximum absolute atomic E-state index is 12.4. The van der Waals surface area contributed by atoms with Gasteiger partial charge in [0, 0.05) is 12.6 Å². The molecule has 1 amide bonds. The number of carbonyl (C=O) groups excluding carboxylic acids is 1. The van der Waals surface area contributed by atoms with Crippen LogP contribution in [-0.2, 0) is 11.3 Å². The van der Waals surface area contributed by atoms with Crippen molar-refractivity contribution < 1.29 is 9.53 Å². The number of rotatable bonds is 7. The van der Waals surface area contributed by atoms with Crippen molar-refractivity contribution in [3.8, 4) is 5.75 Å². The molecular formula is C19H27N3O2. The van der Waals surface area contributed by atoms with Crippen molar-refractivity contribution in [2.75, 3.05) is 5.32 Å². The van der Waals surface area contributed by atoms with Crippen molar-refractivity contribution in [3.05, 3.63) is 41.6 Å². The highest BCUT2D eigenvalue weighted by atomic mass is 16.5. The Labute approximate surface area is 144 Å². The fraction of sp³-hybridized carbons (Fsp3) is 0.474. The molecule has 1 N–H and O–H groups in total. The minimum Gasteiger partial charge on any atom is -0.481 e. The predicted octanol–water partition coefficient (Wildman–Crippen LogP) is 4.13. The second-order valence-corrected chi connectivity index (χ2v) is 6.37. The smallest absolute Gasteiger partial charge is 0.266 e. The van der Waals surface area contributed by atoms with Crippen LogP contribution in [0.25, 0.3) is 0 Å². The summed E-state index contributed by atoms with van der Waals surface area (Å²) < 4.78 is 7.69. The van der Waals surface area contributed by atoms with Gasteiger partial charge in [-0.2, -0.15) is 5.10 Å². The highest BCUT2D eigenvalue weighted by molar-refractivity contribution is 5.93. The summed E-state index contributed by atoms with van der Waals surface area (Å²) in [5, 5.41) is 7.10. The van der Waals surface area contributed by atoms with Crippen LogP contribution in [-0.4, -0.2) is 21.8 Å². The number of aromatic nitrogens is 2. The van der Waals surface area contributed by atoms with E-state index in [0.29, 0.717) is 11.7 Å². The first-order valence-corrected chi connectivity index (χ1v) is 8.52. The van der Waals surface area contributed by atoms with Gasteiger partial charge in [0.15, 0.2) is 6.10 Å². The molecule has 1 heterocycles. The van der Waals surface area contributed by atoms with Crippen molar-refractivity contribution in [1.82, 2.24) is 9.78 Å². The Bertz CT molecular complexity index is 692. The SMILES string of the molecule is CCCn1nccc1NC(=O)C(C)Oc1cc(C(C)C)ccc1C. The molecule has 0 spiro atoms. The monoisotopic (exact) mass is 329 g/mol. The second kappa shape index (κ2) is 7.99. The molecular weight excluding hydrogens is 302 g/mol. The van der Waals surface area contributed by atoms with Gasteiger partial charge in [0.2, 0.25) is 0 Å². The Morgan fingerprint density at radius 3 is 2.71 bits per heavy atom. The Morgan fingerprint density at radius 1 is 1.29 bits per heavy atom. The first-order valence-electron chi connectivity index (χ1n) is 8.52. The fourth-order valence-electron chi connectivity index (χ4n) is 2.40. The van der Waals surface area contributed by atoms with Crippen LogP contribution in [0, 0.1) is 6.92 Å². The molecule has 0 saturated heterocycles. The van der Waals surface area contributed by atoms with Crippen LogP contribution in [0.3, 0.4) is 0 Å². The van der Waals surface area contributed by atoms with E-state index in [4.69, 9.17) is 4.74 Å². The van der Waals surface area contributed by atoms with Gasteiger partial charge in [-0.25, -0.2) is 4.68 Å². The zero-order valence-corrected chi connectivity index (χ0v) is 15.2. The Hall–Kier alpha value is -2.30. The number of hydrogen-bond acceptors (Lipinski definition) is 3. The molecule has 0 aliphatic carbocycles. The lowest BCUT2D eigenvalue weighted by Gasteiger charge is -2.18. The number of aryl methyl sites for hydroxylation is 2. The highest BCUT2D eigenvalue weighted by Crippen LogP contribution is 2.25. The van der Waals surface area contributed by atoms with Crippen LogP contribution in [0.5, 0.6) is 5.75 Å². The van der Waals surface area contributed by atoms with Crippen molar-refractivity contribution in [2.24, 2.45) is 0 Å². The molecule has 0 aliphatic rings. The van der Waals surface area contributed by atoms with E-state index in [2.05, 4.69) is 37.3 Å². The molecule has 1 unspecified atom stereocenters. The zero-order chi connectivity index (χ0) is 17.7. The van der Waals surface area contributed by atoms with Crippen LogP contribution >= 0.6 is 0 Å². The average molecular weight is 329 g/mol. The zero-order valence-electron chi connectivity index (χ0n) is 15.2. The molecule has 5 heteroatoms. The first-order chi connectivity index (χ1) is 11.4. The van der Waals surface area contributed by atoms with E-state index >= 15 is 0 Å². The van der Waals surface area contributed by atoms with Crippen molar-refractivity contribution in [1.29, 1.82) is 0 Å². The van der Waals surface area contributed by atoms with Gasteiger partial charge in [0.25, 0.3) is 5.91 Å². The van der Waals surface area contributed by atoms with Gasteiger partial charge in [0.1, 0.15) is 11.6 Å². The summed E-state index contributed by atoms with van der Waals surface area (Å²) in [7, 11) is 0. The number of hydrogen-bond donors (Lipinski definition) is 1. The number of nitrogens with zero attached hydrogens (tertiary/aromatic N) is 2. The van der Waals surface area contributed by atoms with Crippen LogP contribution in [0.1, 0.15) is 51.2 Å². The van der Waals surface area contributed by atoms with E-state index in [1.54, 1.807) is 23.9 Å². The Kier molecular flexibility index (Phi) is 6.01. The minimum atomic E-state index is -0.587. The molecule has 2 rings (SSSR count). The van der Waals surface area contributed by atoms with Crippen LogP contribution < -0.4 is 10.1 Å². The molecule has 0 radical (unpaired) electrons. The lowest BCUT2D eigenvalue weighted by Crippen LogP contribution is -2.31. The maximum atomic E-state index is 12.4. The average Bonchev–Trinajstić information content (AvgIpc) is 2.96. The third-order valence-electron chi connectivity index (χ3n) is 3.96. The summed E-state index contributed by atoms with van der Waals surface area (Å²) >= 11 is 0. The quantitative estimate of drug-likeness (QED) is 0.831. The van der Waals surface area contributed by atoms with Gasteiger partial charge in [-0.1, -0.05) is 32.9 Å². The van der Waals surface area contributed by atoms with E-state index in [-0.39, 0.29) is 5.91 Å². The molecule has 0 bridgehead atoms. The number of amides is 1. The third-order valence-corrected chi connectivity index (χ3v) is 3.96. The molecule has 1 aromatic heterocycles. The second-order valence-electron chi connectivity index (χ2n) is 6.37. The first kappa shape index (κ1) is 18.0. The fourth-order valence-corrected chi connectivity index (χ4v) is 2.40. The molecule has 1 aromatic carbocycles. The van der Waals surface area contributed by atoms with Gasteiger partial charge in [-0.3, -0.25) is 4.79 Å². The van der Waals surface area contributed by atoms with Crippen LogP contribution in [0.4, 0.5) is 5.82 Å². The predicted molar refractivity (Wildman–Crippen MR) is 96.5 cm³/mol. The molecule has 0 aliphatic heterocycles. The normalized spacial score (nSPS) is 12.2. The van der Waals surface area contributed by atoms with Crippen LogP contribution in [0.2, 0.25) is 0 Å². The third kappa shape index (κ3) is 4.37. The number of carbonyl (C=O) groups is 1. The van der Waals surface area contributed by atoms with Gasteiger partial charge < -0.3 is 10.1 Å². The number of nitrogens with one attached hydrogen (secondary N) is 1. The minimum absolute atomic E-state index is 0.179. The van der Waals surface area contributed by atoms with E-state index in [0.717, 1.165) is 24.3 Å². The van der Waals surface area contributed by atoms with Crippen molar-refractivity contribution in [3.63, 3.8) is 0 Å². The Morgan fingerprint density at radius 2 is 2.04 bits per heavy atom. The molecule has 2 aromatic rings. The lowest BCUT2D eigenvalue weighted by molar-refractivity contribution is -0.122. The molecule has 5 nitrogen and oxygen atoms in total. The maximum Gasteiger partial charge on any atom is 0.266 e. The van der Waals surface area contributed by atoms with Crippen molar-refractivity contribution in [2.45, 2.75) is 59.6 Å². The molecule has 0 fully saturated rings. The van der Waals surface area contributed by atoms with Gasteiger partial charge in [-0.15, -0.1) is 0 Å². The number of ether oxygens (including phenoxy) is 1. The summed E-state index contributed by atoms with van der Waals surface area (Å²) in [6, 6.07) is 7.95.